The zero-order valence-corrected chi connectivity index (χ0v) is 19.2. The van der Waals surface area contributed by atoms with E-state index >= 15 is 0 Å². The van der Waals surface area contributed by atoms with Crippen LogP contribution in [0, 0.1) is 0 Å². The summed E-state index contributed by atoms with van der Waals surface area (Å²) >= 11 is 6.02. The molecule has 6 rings (SSSR count). The molecule has 1 saturated heterocycles. The number of fused-ring (bicyclic) bond motifs is 1. The number of nitrogens with zero attached hydrogens (tertiary/aromatic N) is 5. The molecule has 5 aromatic rings. The predicted octanol–water partition coefficient (Wildman–Crippen LogP) is 5.93. The van der Waals surface area contributed by atoms with E-state index in [1.54, 1.807) is 0 Å². The lowest BCUT2D eigenvalue weighted by Crippen LogP contribution is -2.46. The van der Waals surface area contributed by atoms with Crippen molar-refractivity contribution in [1.82, 2.24) is 15.1 Å². The molecule has 0 aliphatic carbocycles. The molecule has 0 bridgehead atoms. The molecule has 0 amide bonds. The van der Waals surface area contributed by atoms with Gasteiger partial charge in [0, 0.05) is 47.8 Å². The van der Waals surface area contributed by atoms with Gasteiger partial charge in [-0.15, -0.1) is 0 Å². The van der Waals surface area contributed by atoms with E-state index in [0.717, 1.165) is 54.0 Å². The van der Waals surface area contributed by atoms with Gasteiger partial charge < -0.3 is 14.3 Å². The molecule has 168 valence electrons. The largest absolute Gasteiger partial charge is 0.368 e. The van der Waals surface area contributed by atoms with Gasteiger partial charge in [-0.05, 0) is 48.5 Å². The molecule has 34 heavy (non-hydrogen) atoms. The first-order chi connectivity index (χ1) is 16.7. The molecule has 0 unspecified atom stereocenters. The van der Waals surface area contributed by atoms with Gasteiger partial charge in [0.2, 0.25) is 5.82 Å². The lowest BCUT2D eigenvalue weighted by molar-refractivity contribution is 0.432. The Labute approximate surface area is 202 Å². The van der Waals surface area contributed by atoms with Gasteiger partial charge in [-0.2, -0.15) is 4.98 Å². The van der Waals surface area contributed by atoms with E-state index in [4.69, 9.17) is 26.1 Å². The Bertz CT molecular complexity index is 1430. The van der Waals surface area contributed by atoms with E-state index in [9.17, 15) is 0 Å². The summed E-state index contributed by atoms with van der Waals surface area (Å²) in [6, 6.07) is 28.1. The zero-order chi connectivity index (χ0) is 22.9. The normalized spacial score (nSPS) is 14.0. The van der Waals surface area contributed by atoms with E-state index < -0.39 is 0 Å². The third-order valence-corrected chi connectivity index (χ3v) is 6.44. The first kappa shape index (κ1) is 20.7. The Morgan fingerprint density at radius 2 is 1.44 bits per heavy atom. The molecule has 0 atom stereocenters. The van der Waals surface area contributed by atoms with Crippen molar-refractivity contribution in [3.63, 3.8) is 0 Å². The number of piperazine rings is 1. The van der Waals surface area contributed by atoms with Crippen molar-refractivity contribution < 1.29 is 4.52 Å². The Morgan fingerprint density at radius 3 is 2.24 bits per heavy atom. The number of anilines is 2. The quantitative estimate of drug-likeness (QED) is 0.326. The summed E-state index contributed by atoms with van der Waals surface area (Å²) in [6.45, 7) is 3.66. The lowest BCUT2D eigenvalue weighted by atomic mass is 10.1. The van der Waals surface area contributed by atoms with Gasteiger partial charge >= 0.3 is 0 Å². The number of pyridine rings is 1. The Hall–Kier alpha value is -3.90. The smallest absolute Gasteiger partial charge is 0.259 e. The Balaban J connectivity index is 1.32. The van der Waals surface area contributed by atoms with Crippen molar-refractivity contribution in [2.75, 3.05) is 36.0 Å². The summed E-state index contributed by atoms with van der Waals surface area (Å²) in [6.07, 6.45) is 0. The van der Waals surface area contributed by atoms with Crippen LogP contribution in [0.5, 0.6) is 0 Å². The maximum Gasteiger partial charge on any atom is 0.259 e. The Morgan fingerprint density at radius 1 is 0.735 bits per heavy atom. The zero-order valence-electron chi connectivity index (χ0n) is 18.4. The number of benzene rings is 3. The minimum absolute atomic E-state index is 0.479. The molecular formula is C27H22ClN5O. The van der Waals surface area contributed by atoms with Crippen molar-refractivity contribution in [3.8, 4) is 22.8 Å². The van der Waals surface area contributed by atoms with E-state index in [0.29, 0.717) is 16.7 Å². The van der Waals surface area contributed by atoms with Crippen LogP contribution in [-0.4, -0.2) is 41.3 Å². The highest BCUT2D eigenvalue weighted by atomic mass is 35.5. The topological polar surface area (TPSA) is 58.3 Å². The molecule has 1 fully saturated rings. The van der Waals surface area contributed by atoms with E-state index in [2.05, 4.69) is 51.4 Å². The van der Waals surface area contributed by atoms with Crippen LogP contribution in [0.1, 0.15) is 0 Å². The second kappa shape index (κ2) is 8.80. The molecule has 0 saturated carbocycles. The molecule has 3 aromatic carbocycles. The fourth-order valence-electron chi connectivity index (χ4n) is 4.38. The second-order valence-electron chi connectivity index (χ2n) is 8.28. The van der Waals surface area contributed by atoms with Crippen LogP contribution in [0.2, 0.25) is 5.02 Å². The predicted molar refractivity (Wildman–Crippen MR) is 136 cm³/mol. The van der Waals surface area contributed by atoms with Gasteiger partial charge in [0.25, 0.3) is 5.89 Å². The number of hydrogen-bond donors (Lipinski definition) is 0. The SMILES string of the molecule is Clc1ccc(-c2noc(-c3cc(N4CCN(c5ccccc5)CC4)nc4ccccc34)n2)cc1. The van der Waals surface area contributed by atoms with E-state index in [-0.39, 0.29) is 0 Å². The fourth-order valence-corrected chi connectivity index (χ4v) is 4.51. The first-order valence-corrected chi connectivity index (χ1v) is 11.7. The molecule has 3 heterocycles. The summed E-state index contributed by atoms with van der Waals surface area (Å²) in [5.41, 5.74) is 3.91. The molecular weight excluding hydrogens is 446 g/mol. The van der Waals surface area contributed by atoms with Gasteiger partial charge in [-0.1, -0.05) is 53.2 Å². The fraction of sp³-hybridized carbons (Fsp3) is 0.148. The number of halogens is 1. The lowest BCUT2D eigenvalue weighted by Gasteiger charge is -2.37. The average Bonchev–Trinajstić information content (AvgIpc) is 3.39. The maximum atomic E-state index is 6.02. The van der Waals surface area contributed by atoms with Gasteiger partial charge in [-0.25, -0.2) is 4.98 Å². The summed E-state index contributed by atoms with van der Waals surface area (Å²) in [7, 11) is 0. The van der Waals surface area contributed by atoms with Gasteiger partial charge in [0.05, 0.1) is 11.1 Å². The molecule has 2 aromatic heterocycles. The van der Waals surface area contributed by atoms with Gasteiger partial charge in [0.15, 0.2) is 0 Å². The standard InChI is InChI=1S/C27H22ClN5O/c28-20-12-10-19(11-13-20)26-30-27(34-31-26)23-18-25(29-24-9-5-4-8-22(23)24)33-16-14-32(15-17-33)21-6-2-1-3-7-21/h1-13,18H,14-17H2. The highest BCUT2D eigenvalue weighted by molar-refractivity contribution is 6.30. The monoisotopic (exact) mass is 467 g/mol. The van der Waals surface area contributed by atoms with Crippen molar-refractivity contribution in [1.29, 1.82) is 0 Å². The summed E-state index contributed by atoms with van der Waals surface area (Å²) in [4.78, 5) is 14.4. The number of rotatable bonds is 4. The summed E-state index contributed by atoms with van der Waals surface area (Å²) < 4.78 is 5.71. The van der Waals surface area contributed by atoms with Crippen molar-refractivity contribution in [2.24, 2.45) is 0 Å². The van der Waals surface area contributed by atoms with Crippen LogP contribution in [-0.2, 0) is 0 Å². The second-order valence-corrected chi connectivity index (χ2v) is 8.72. The summed E-state index contributed by atoms with van der Waals surface area (Å²) in [5.74, 6) is 1.94. The Kier molecular flexibility index (Phi) is 5.35. The van der Waals surface area contributed by atoms with Crippen molar-refractivity contribution >= 4 is 34.0 Å². The average molecular weight is 468 g/mol. The molecule has 1 aliphatic rings. The van der Waals surface area contributed by atoms with Crippen molar-refractivity contribution in [3.05, 3.63) is 90.0 Å². The van der Waals surface area contributed by atoms with Crippen LogP contribution in [0.25, 0.3) is 33.7 Å². The van der Waals surface area contributed by atoms with Crippen LogP contribution in [0.4, 0.5) is 11.5 Å². The number of para-hydroxylation sites is 2. The maximum absolute atomic E-state index is 6.02. The highest BCUT2D eigenvalue weighted by Gasteiger charge is 2.21. The van der Waals surface area contributed by atoms with Crippen molar-refractivity contribution in [2.45, 2.75) is 0 Å². The third-order valence-electron chi connectivity index (χ3n) is 6.19. The van der Waals surface area contributed by atoms with Gasteiger partial charge in [0.1, 0.15) is 5.82 Å². The summed E-state index contributed by atoms with van der Waals surface area (Å²) in [5, 5.41) is 5.87. The first-order valence-electron chi connectivity index (χ1n) is 11.3. The minimum atomic E-state index is 0.479. The van der Waals surface area contributed by atoms with Crippen LogP contribution < -0.4 is 9.80 Å². The molecule has 0 spiro atoms. The number of aromatic nitrogens is 3. The van der Waals surface area contributed by atoms with Gasteiger partial charge in [-0.3, -0.25) is 0 Å². The van der Waals surface area contributed by atoms with E-state index in [1.165, 1.54) is 5.69 Å². The molecule has 1 aliphatic heterocycles. The minimum Gasteiger partial charge on any atom is -0.368 e. The third kappa shape index (κ3) is 3.97. The van der Waals surface area contributed by atoms with Crippen LogP contribution in [0.3, 0.4) is 0 Å². The number of hydrogen-bond acceptors (Lipinski definition) is 6. The highest BCUT2D eigenvalue weighted by Crippen LogP contribution is 2.32. The molecule has 6 nitrogen and oxygen atoms in total. The van der Waals surface area contributed by atoms with E-state index in [1.807, 2.05) is 48.5 Å². The van der Waals surface area contributed by atoms with Crippen LogP contribution >= 0.6 is 11.6 Å². The van der Waals surface area contributed by atoms with Crippen LogP contribution in [0.15, 0.2) is 89.5 Å². The molecule has 7 heteroatoms. The molecule has 0 N–H and O–H groups in total. The molecule has 0 radical (unpaired) electrons.